The number of non-ortho nitro benzene ring substituents is 1. The number of rotatable bonds is 6. The predicted molar refractivity (Wildman–Crippen MR) is 111 cm³/mol. The van der Waals surface area contributed by atoms with Gasteiger partial charge in [-0.25, -0.2) is 5.43 Å². The number of amides is 2. The molecule has 0 bridgehead atoms. The second-order valence-corrected chi connectivity index (χ2v) is 6.38. The smallest absolute Gasteiger partial charge is 0.271 e. The Morgan fingerprint density at radius 2 is 1.76 bits per heavy atom. The maximum absolute atomic E-state index is 12.3. The highest BCUT2D eigenvalue weighted by molar-refractivity contribution is 6.06. The molecule has 0 atom stereocenters. The summed E-state index contributed by atoms with van der Waals surface area (Å²) in [4.78, 5) is 34.6. The van der Waals surface area contributed by atoms with Gasteiger partial charge < -0.3 is 5.32 Å². The van der Waals surface area contributed by atoms with E-state index in [1.165, 1.54) is 18.2 Å². The van der Waals surface area contributed by atoms with Gasteiger partial charge in [-0.1, -0.05) is 36.4 Å². The van der Waals surface area contributed by atoms with Gasteiger partial charge in [0.1, 0.15) is 0 Å². The van der Waals surface area contributed by atoms with E-state index in [2.05, 4.69) is 15.8 Å². The molecule has 0 aromatic heterocycles. The minimum atomic E-state index is -0.537. The zero-order valence-corrected chi connectivity index (χ0v) is 15.6. The van der Waals surface area contributed by atoms with Gasteiger partial charge in [-0.2, -0.15) is 5.10 Å². The summed E-state index contributed by atoms with van der Waals surface area (Å²) in [6.45, 7) is 1.60. The van der Waals surface area contributed by atoms with Gasteiger partial charge in [-0.15, -0.1) is 0 Å². The van der Waals surface area contributed by atoms with E-state index in [0.29, 0.717) is 17.0 Å². The van der Waals surface area contributed by atoms with E-state index in [1.54, 1.807) is 25.1 Å². The van der Waals surface area contributed by atoms with Crippen molar-refractivity contribution in [2.75, 3.05) is 5.32 Å². The maximum Gasteiger partial charge on any atom is 0.271 e. The molecule has 3 rings (SSSR count). The molecule has 146 valence electrons. The third kappa shape index (κ3) is 5.23. The molecule has 8 nitrogen and oxygen atoms in total. The molecule has 0 saturated heterocycles. The van der Waals surface area contributed by atoms with E-state index >= 15 is 0 Å². The molecule has 0 aliphatic heterocycles. The molecule has 2 amide bonds. The summed E-state index contributed by atoms with van der Waals surface area (Å²) in [5.41, 5.74) is 3.49. The Kier molecular flexibility index (Phi) is 5.94. The molecule has 0 aliphatic carbocycles. The van der Waals surface area contributed by atoms with Gasteiger partial charge in [0.2, 0.25) is 5.91 Å². The zero-order valence-electron chi connectivity index (χ0n) is 15.6. The van der Waals surface area contributed by atoms with Crippen molar-refractivity contribution in [3.05, 3.63) is 82.4 Å². The molecule has 2 N–H and O–H groups in total. The standard InChI is InChI=1S/C21H18N4O4/c1-14(11-20(26)22-18-7-4-8-19(13-18)25(28)29)23-24-21(27)17-10-9-15-5-2-3-6-16(15)12-17/h2-10,12-13H,11H2,1H3,(H,22,26)(H,24,27). The maximum atomic E-state index is 12.3. The molecule has 0 fully saturated rings. The molecule has 0 heterocycles. The Balaban J connectivity index is 1.58. The fourth-order valence-corrected chi connectivity index (χ4v) is 2.72. The first-order valence-electron chi connectivity index (χ1n) is 8.79. The molecule has 3 aromatic carbocycles. The van der Waals surface area contributed by atoms with Crippen molar-refractivity contribution in [1.29, 1.82) is 0 Å². The number of benzene rings is 3. The molecule has 0 unspecified atom stereocenters. The van der Waals surface area contributed by atoms with E-state index in [4.69, 9.17) is 0 Å². The van der Waals surface area contributed by atoms with Crippen LogP contribution in [0, 0.1) is 10.1 Å². The van der Waals surface area contributed by atoms with Gasteiger partial charge >= 0.3 is 0 Å². The van der Waals surface area contributed by atoms with Crippen LogP contribution in [0.25, 0.3) is 10.8 Å². The summed E-state index contributed by atoms with van der Waals surface area (Å²) in [6.07, 6.45) is -0.0688. The molecule has 0 radical (unpaired) electrons. The van der Waals surface area contributed by atoms with Crippen molar-refractivity contribution < 1.29 is 14.5 Å². The Bertz CT molecular complexity index is 1120. The van der Waals surface area contributed by atoms with Crippen molar-refractivity contribution in [3.8, 4) is 0 Å². The quantitative estimate of drug-likeness (QED) is 0.378. The number of nitrogens with zero attached hydrogens (tertiary/aromatic N) is 2. The highest BCUT2D eigenvalue weighted by Crippen LogP contribution is 2.17. The zero-order chi connectivity index (χ0) is 20.8. The van der Waals surface area contributed by atoms with Crippen LogP contribution in [-0.4, -0.2) is 22.4 Å². The molecular weight excluding hydrogens is 372 g/mol. The molecular formula is C21H18N4O4. The third-order valence-electron chi connectivity index (χ3n) is 4.12. The van der Waals surface area contributed by atoms with E-state index in [0.717, 1.165) is 10.8 Å². The van der Waals surface area contributed by atoms with Gasteiger partial charge in [-0.05, 0) is 35.9 Å². The van der Waals surface area contributed by atoms with E-state index in [9.17, 15) is 19.7 Å². The second kappa shape index (κ2) is 8.75. The number of nitro groups is 1. The number of hydrogen-bond donors (Lipinski definition) is 2. The van der Waals surface area contributed by atoms with Crippen LogP contribution in [0.1, 0.15) is 23.7 Å². The highest BCUT2D eigenvalue weighted by atomic mass is 16.6. The fourth-order valence-electron chi connectivity index (χ4n) is 2.72. The van der Waals surface area contributed by atoms with Crippen molar-refractivity contribution in [2.24, 2.45) is 5.10 Å². The van der Waals surface area contributed by atoms with Crippen molar-refractivity contribution in [3.63, 3.8) is 0 Å². The number of nitro benzene ring substituents is 1. The molecule has 8 heteroatoms. The normalized spacial score (nSPS) is 11.1. The van der Waals surface area contributed by atoms with Crippen LogP contribution in [0.15, 0.2) is 71.8 Å². The van der Waals surface area contributed by atoms with Gasteiger partial charge in [0.05, 0.1) is 11.3 Å². The molecule has 0 aliphatic rings. The Morgan fingerprint density at radius 3 is 2.52 bits per heavy atom. The minimum Gasteiger partial charge on any atom is -0.326 e. The highest BCUT2D eigenvalue weighted by Gasteiger charge is 2.10. The first kappa shape index (κ1) is 19.7. The average molecular weight is 390 g/mol. The minimum absolute atomic E-state index is 0.0688. The summed E-state index contributed by atoms with van der Waals surface area (Å²) in [5.74, 6) is -0.777. The number of anilines is 1. The van der Waals surface area contributed by atoms with E-state index < -0.39 is 10.8 Å². The van der Waals surface area contributed by atoms with Crippen LogP contribution in [-0.2, 0) is 4.79 Å². The van der Waals surface area contributed by atoms with Crippen molar-refractivity contribution >= 4 is 39.7 Å². The summed E-state index contributed by atoms with van der Waals surface area (Å²) < 4.78 is 0. The lowest BCUT2D eigenvalue weighted by atomic mass is 10.1. The summed E-state index contributed by atoms with van der Waals surface area (Å²) in [5, 5.41) is 19.3. The summed E-state index contributed by atoms with van der Waals surface area (Å²) in [6, 6.07) is 18.7. The number of carbonyl (C=O) groups is 2. The Hall–Kier alpha value is -4.07. The van der Waals surface area contributed by atoms with Gasteiger partial charge in [0, 0.05) is 29.1 Å². The number of fused-ring (bicyclic) bond motifs is 1. The molecule has 29 heavy (non-hydrogen) atoms. The predicted octanol–water partition coefficient (Wildman–Crippen LogP) is 3.88. The van der Waals surface area contributed by atoms with Crippen molar-refractivity contribution in [1.82, 2.24) is 5.43 Å². The number of nitrogens with one attached hydrogen (secondary N) is 2. The van der Waals surface area contributed by atoms with Gasteiger partial charge in [-0.3, -0.25) is 19.7 Å². The fraction of sp³-hybridized carbons (Fsp3) is 0.0952. The van der Waals surface area contributed by atoms with Crippen molar-refractivity contribution in [2.45, 2.75) is 13.3 Å². The Labute approximate surface area is 166 Å². The van der Waals surface area contributed by atoms with E-state index in [1.807, 2.05) is 30.3 Å². The van der Waals surface area contributed by atoms with Gasteiger partial charge in [0.15, 0.2) is 0 Å². The third-order valence-corrected chi connectivity index (χ3v) is 4.12. The first-order valence-corrected chi connectivity index (χ1v) is 8.79. The molecule has 0 spiro atoms. The van der Waals surface area contributed by atoms with Crippen LogP contribution in [0.5, 0.6) is 0 Å². The number of carbonyl (C=O) groups excluding carboxylic acids is 2. The largest absolute Gasteiger partial charge is 0.326 e. The SMILES string of the molecule is CC(CC(=O)Nc1cccc([N+](=O)[O-])c1)=NNC(=O)c1ccc2ccccc2c1. The Morgan fingerprint density at radius 1 is 1.00 bits per heavy atom. The van der Waals surface area contributed by atoms with Crippen LogP contribution >= 0.6 is 0 Å². The van der Waals surface area contributed by atoms with Crippen LogP contribution < -0.4 is 10.7 Å². The number of hydrazone groups is 1. The lowest BCUT2D eigenvalue weighted by Crippen LogP contribution is -2.21. The second-order valence-electron chi connectivity index (χ2n) is 6.38. The average Bonchev–Trinajstić information content (AvgIpc) is 2.71. The monoisotopic (exact) mass is 390 g/mol. The summed E-state index contributed by atoms with van der Waals surface area (Å²) in [7, 11) is 0. The van der Waals surface area contributed by atoms with Crippen LogP contribution in [0.2, 0.25) is 0 Å². The van der Waals surface area contributed by atoms with E-state index in [-0.39, 0.29) is 18.0 Å². The van der Waals surface area contributed by atoms with Crippen LogP contribution in [0.3, 0.4) is 0 Å². The lowest BCUT2D eigenvalue weighted by Gasteiger charge is -2.06. The lowest BCUT2D eigenvalue weighted by molar-refractivity contribution is -0.384. The number of hydrogen-bond acceptors (Lipinski definition) is 5. The van der Waals surface area contributed by atoms with Gasteiger partial charge in [0.25, 0.3) is 11.6 Å². The molecule has 0 saturated carbocycles. The van der Waals surface area contributed by atoms with Crippen LogP contribution in [0.4, 0.5) is 11.4 Å². The topological polar surface area (TPSA) is 114 Å². The molecule has 3 aromatic rings. The first-order chi connectivity index (χ1) is 13.9. The summed E-state index contributed by atoms with van der Waals surface area (Å²) >= 11 is 0.